The molecule has 1 N–H and O–H groups in total. The number of nitrogens with one attached hydrogen (secondary N) is 1. The summed E-state index contributed by atoms with van der Waals surface area (Å²) in [6.45, 7) is 6.79. The molecule has 19 heavy (non-hydrogen) atoms. The molecule has 1 atom stereocenters. The van der Waals surface area contributed by atoms with Gasteiger partial charge < -0.3 is 10.2 Å². The van der Waals surface area contributed by atoms with Crippen molar-refractivity contribution in [1.29, 1.82) is 0 Å². The van der Waals surface area contributed by atoms with E-state index in [1.807, 2.05) is 12.1 Å². The van der Waals surface area contributed by atoms with Crippen LogP contribution in [0.2, 0.25) is 0 Å². The molecule has 0 radical (unpaired) electrons. The summed E-state index contributed by atoms with van der Waals surface area (Å²) in [6, 6.07) is 7.79. The third-order valence-corrected chi connectivity index (χ3v) is 5.48. The summed E-state index contributed by atoms with van der Waals surface area (Å²) in [7, 11) is -3.10. The Morgan fingerprint density at radius 2 is 1.95 bits per heavy atom. The van der Waals surface area contributed by atoms with Crippen LogP contribution in [0.25, 0.3) is 0 Å². The summed E-state index contributed by atoms with van der Waals surface area (Å²) in [5, 5.41) is 3.39. The van der Waals surface area contributed by atoms with Crippen LogP contribution in [-0.4, -0.2) is 39.8 Å². The van der Waals surface area contributed by atoms with Gasteiger partial charge in [0, 0.05) is 31.4 Å². The summed E-state index contributed by atoms with van der Waals surface area (Å²) < 4.78 is 23.6. The second-order valence-electron chi connectivity index (χ2n) is 4.86. The van der Waals surface area contributed by atoms with Crippen molar-refractivity contribution in [3.63, 3.8) is 0 Å². The topological polar surface area (TPSA) is 49.4 Å². The monoisotopic (exact) mass is 282 g/mol. The molecule has 1 heterocycles. The molecule has 0 spiro atoms. The lowest BCUT2D eigenvalue weighted by Crippen LogP contribution is -2.51. The molecular formula is C14H22N2O2S. The average molecular weight is 282 g/mol. The van der Waals surface area contributed by atoms with Gasteiger partial charge >= 0.3 is 0 Å². The molecule has 1 aliphatic heterocycles. The minimum atomic E-state index is -3.10. The summed E-state index contributed by atoms with van der Waals surface area (Å²) in [5.74, 6) is 0.150. The molecule has 0 aliphatic carbocycles. The fourth-order valence-electron chi connectivity index (χ4n) is 2.48. The van der Waals surface area contributed by atoms with Crippen LogP contribution in [0, 0.1) is 0 Å². The zero-order valence-electron chi connectivity index (χ0n) is 11.6. The molecule has 4 nitrogen and oxygen atoms in total. The first-order valence-corrected chi connectivity index (χ1v) is 8.54. The van der Waals surface area contributed by atoms with E-state index < -0.39 is 9.84 Å². The van der Waals surface area contributed by atoms with Crippen LogP contribution in [0.4, 0.5) is 5.69 Å². The van der Waals surface area contributed by atoms with Gasteiger partial charge in [-0.3, -0.25) is 0 Å². The first-order valence-electron chi connectivity index (χ1n) is 6.88. The number of rotatable bonds is 4. The molecule has 106 valence electrons. The molecule has 1 aliphatic rings. The first kappa shape index (κ1) is 14.3. The Labute approximate surface area is 115 Å². The van der Waals surface area contributed by atoms with E-state index in [9.17, 15) is 8.42 Å². The van der Waals surface area contributed by atoms with Gasteiger partial charge in [-0.05, 0) is 30.7 Å². The van der Waals surface area contributed by atoms with E-state index in [0.29, 0.717) is 10.9 Å². The Balaban J connectivity index is 2.22. The smallest absolute Gasteiger partial charge is 0.178 e. The van der Waals surface area contributed by atoms with Crippen molar-refractivity contribution < 1.29 is 8.42 Å². The summed E-state index contributed by atoms with van der Waals surface area (Å²) >= 11 is 0. The highest BCUT2D eigenvalue weighted by Gasteiger charge is 2.21. The van der Waals surface area contributed by atoms with E-state index in [1.54, 1.807) is 19.1 Å². The third-order valence-electron chi connectivity index (χ3n) is 3.73. The molecule has 1 saturated heterocycles. The minimum absolute atomic E-state index is 0.150. The van der Waals surface area contributed by atoms with Gasteiger partial charge in [-0.2, -0.15) is 0 Å². The van der Waals surface area contributed by atoms with Gasteiger partial charge in [0.1, 0.15) is 0 Å². The van der Waals surface area contributed by atoms with Gasteiger partial charge in [0.15, 0.2) is 9.84 Å². The molecule has 5 heteroatoms. The zero-order chi connectivity index (χ0) is 13.9. The maximum Gasteiger partial charge on any atom is 0.178 e. The van der Waals surface area contributed by atoms with Crippen molar-refractivity contribution in [2.75, 3.05) is 30.3 Å². The summed E-state index contributed by atoms with van der Waals surface area (Å²) in [5.41, 5.74) is 1.11. The fourth-order valence-corrected chi connectivity index (χ4v) is 3.36. The van der Waals surface area contributed by atoms with E-state index in [4.69, 9.17) is 0 Å². The van der Waals surface area contributed by atoms with E-state index in [2.05, 4.69) is 17.1 Å². The van der Waals surface area contributed by atoms with Crippen molar-refractivity contribution in [1.82, 2.24) is 5.32 Å². The molecule has 0 amide bonds. The van der Waals surface area contributed by atoms with Crippen LogP contribution >= 0.6 is 0 Å². The van der Waals surface area contributed by atoms with Crippen LogP contribution in [-0.2, 0) is 9.84 Å². The Bertz CT molecular complexity index is 511. The SMILES string of the molecule is CCC1CNCCN1c1ccc(S(=O)(=O)CC)cc1. The van der Waals surface area contributed by atoms with Crippen LogP contribution < -0.4 is 10.2 Å². The summed E-state index contributed by atoms with van der Waals surface area (Å²) in [6.07, 6.45) is 1.09. The highest BCUT2D eigenvalue weighted by molar-refractivity contribution is 7.91. The number of benzene rings is 1. The van der Waals surface area contributed by atoms with E-state index in [-0.39, 0.29) is 5.75 Å². The third kappa shape index (κ3) is 3.09. The Morgan fingerprint density at radius 1 is 1.26 bits per heavy atom. The predicted octanol–water partition coefficient (Wildman–Crippen LogP) is 1.67. The lowest BCUT2D eigenvalue weighted by Gasteiger charge is -2.37. The Morgan fingerprint density at radius 3 is 2.53 bits per heavy atom. The molecule has 2 rings (SSSR count). The van der Waals surface area contributed by atoms with Crippen molar-refractivity contribution in [2.24, 2.45) is 0 Å². The Kier molecular flexibility index (Phi) is 4.47. The lowest BCUT2D eigenvalue weighted by molar-refractivity contribution is 0.466. The van der Waals surface area contributed by atoms with Crippen LogP contribution in [0.5, 0.6) is 0 Å². The molecule has 0 aromatic heterocycles. The largest absolute Gasteiger partial charge is 0.366 e. The minimum Gasteiger partial charge on any atom is -0.366 e. The van der Waals surface area contributed by atoms with E-state index in [0.717, 1.165) is 31.7 Å². The molecular weight excluding hydrogens is 260 g/mol. The first-order chi connectivity index (χ1) is 9.08. The molecule has 0 bridgehead atoms. The van der Waals surface area contributed by atoms with Crippen molar-refractivity contribution in [3.05, 3.63) is 24.3 Å². The Hall–Kier alpha value is -1.07. The predicted molar refractivity (Wildman–Crippen MR) is 78.5 cm³/mol. The lowest BCUT2D eigenvalue weighted by atomic mass is 10.1. The number of anilines is 1. The number of nitrogens with zero attached hydrogens (tertiary/aromatic N) is 1. The van der Waals surface area contributed by atoms with Gasteiger partial charge in [-0.15, -0.1) is 0 Å². The summed E-state index contributed by atoms with van der Waals surface area (Å²) in [4.78, 5) is 2.78. The van der Waals surface area contributed by atoms with Gasteiger partial charge in [-0.1, -0.05) is 13.8 Å². The average Bonchev–Trinajstić information content (AvgIpc) is 2.47. The van der Waals surface area contributed by atoms with Crippen LogP contribution in [0.15, 0.2) is 29.2 Å². The van der Waals surface area contributed by atoms with Gasteiger partial charge in [0.2, 0.25) is 0 Å². The fraction of sp³-hybridized carbons (Fsp3) is 0.571. The van der Waals surface area contributed by atoms with E-state index in [1.165, 1.54) is 0 Å². The zero-order valence-corrected chi connectivity index (χ0v) is 12.4. The molecule has 0 saturated carbocycles. The van der Waals surface area contributed by atoms with Crippen molar-refractivity contribution >= 4 is 15.5 Å². The molecule has 1 aromatic carbocycles. The van der Waals surface area contributed by atoms with Crippen molar-refractivity contribution in [2.45, 2.75) is 31.2 Å². The van der Waals surface area contributed by atoms with Gasteiger partial charge in [0.25, 0.3) is 0 Å². The highest BCUT2D eigenvalue weighted by atomic mass is 32.2. The van der Waals surface area contributed by atoms with Crippen molar-refractivity contribution in [3.8, 4) is 0 Å². The normalized spacial score (nSPS) is 20.5. The number of hydrogen-bond acceptors (Lipinski definition) is 4. The maximum absolute atomic E-state index is 11.8. The highest BCUT2D eigenvalue weighted by Crippen LogP contribution is 2.22. The number of hydrogen-bond donors (Lipinski definition) is 1. The van der Waals surface area contributed by atoms with Crippen LogP contribution in [0.1, 0.15) is 20.3 Å². The second-order valence-corrected chi connectivity index (χ2v) is 7.14. The maximum atomic E-state index is 11.8. The molecule has 1 fully saturated rings. The van der Waals surface area contributed by atoms with E-state index >= 15 is 0 Å². The molecule has 1 aromatic rings. The quantitative estimate of drug-likeness (QED) is 0.912. The standard InChI is InChI=1S/C14H22N2O2S/c1-3-12-11-15-9-10-16(12)13-5-7-14(8-6-13)19(17,18)4-2/h5-8,12,15H,3-4,9-11H2,1-2H3. The van der Waals surface area contributed by atoms with Gasteiger partial charge in [-0.25, -0.2) is 8.42 Å². The van der Waals surface area contributed by atoms with Gasteiger partial charge in [0.05, 0.1) is 10.6 Å². The number of sulfone groups is 1. The second kappa shape index (κ2) is 5.92. The van der Waals surface area contributed by atoms with Crippen LogP contribution in [0.3, 0.4) is 0 Å². The molecule has 1 unspecified atom stereocenters. The number of piperazine rings is 1.